The van der Waals surface area contributed by atoms with Crippen molar-refractivity contribution in [3.63, 3.8) is 0 Å². The summed E-state index contributed by atoms with van der Waals surface area (Å²) in [6.45, 7) is 0.432. The lowest BCUT2D eigenvalue weighted by Crippen LogP contribution is -2.32. The molecule has 0 fully saturated rings. The zero-order valence-electron chi connectivity index (χ0n) is 11.2. The van der Waals surface area contributed by atoms with E-state index >= 15 is 0 Å². The number of aromatic nitrogens is 1. The molecule has 0 saturated heterocycles. The molecule has 0 unspecified atom stereocenters. The van der Waals surface area contributed by atoms with E-state index in [2.05, 4.69) is 5.32 Å². The van der Waals surface area contributed by atoms with Crippen molar-refractivity contribution in [3.05, 3.63) is 64.1 Å². The van der Waals surface area contributed by atoms with Gasteiger partial charge in [0.15, 0.2) is 0 Å². The molecule has 0 bridgehead atoms. The summed E-state index contributed by atoms with van der Waals surface area (Å²) in [5, 5.41) is 11.9. The number of hydrogen-bond acceptors (Lipinski definition) is 3. The van der Waals surface area contributed by atoms with Gasteiger partial charge in [-0.2, -0.15) is 0 Å². The number of carbonyl (C=O) groups excluding carboxylic acids is 1. The van der Waals surface area contributed by atoms with Crippen LogP contribution in [0.1, 0.15) is 15.9 Å². The SMILES string of the molecule is Cn1cccc(C(=O)NCCc2ccc(O)cc2)c1=O. The maximum Gasteiger partial charge on any atom is 0.263 e. The summed E-state index contributed by atoms with van der Waals surface area (Å²) in [4.78, 5) is 23.7. The van der Waals surface area contributed by atoms with Gasteiger partial charge in [-0.25, -0.2) is 0 Å². The van der Waals surface area contributed by atoms with Crippen LogP contribution in [0.3, 0.4) is 0 Å². The summed E-state index contributed by atoms with van der Waals surface area (Å²) in [5.74, 6) is -0.157. The maximum atomic E-state index is 11.9. The lowest BCUT2D eigenvalue weighted by Gasteiger charge is -2.06. The van der Waals surface area contributed by atoms with E-state index in [9.17, 15) is 9.59 Å². The van der Waals surface area contributed by atoms with E-state index in [1.165, 1.54) is 10.6 Å². The predicted octanol–water partition coefficient (Wildman–Crippen LogP) is 1.06. The zero-order chi connectivity index (χ0) is 14.5. The van der Waals surface area contributed by atoms with E-state index in [0.717, 1.165) is 5.56 Å². The van der Waals surface area contributed by atoms with Gasteiger partial charge in [0.2, 0.25) is 0 Å². The first-order chi connectivity index (χ1) is 9.58. The Labute approximate surface area is 116 Å². The molecule has 2 aromatic rings. The normalized spacial score (nSPS) is 10.2. The Balaban J connectivity index is 1.94. The Bertz CT molecular complexity index is 660. The molecule has 0 aliphatic carbocycles. The largest absolute Gasteiger partial charge is 0.508 e. The summed E-state index contributed by atoms with van der Waals surface area (Å²) < 4.78 is 1.37. The molecule has 0 aliphatic heterocycles. The first-order valence-corrected chi connectivity index (χ1v) is 6.29. The molecule has 0 saturated carbocycles. The molecular weight excluding hydrogens is 256 g/mol. The van der Waals surface area contributed by atoms with Crippen LogP contribution in [0.4, 0.5) is 0 Å². The molecule has 2 N–H and O–H groups in total. The predicted molar refractivity (Wildman–Crippen MR) is 75.8 cm³/mol. The van der Waals surface area contributed by atoms with Crippen molar-refractivity contribution in [3.8, 4) is 5.75 Å². The lowest BCUT2D eigenvalue weighted by molar-refractivity contribution is 0.0952. The second kappa shape index (κ2) is 6.06. The van der Waals surface area contributed by atoms with Gasteiger partial charge in [0, 0.05) is 19.8 Å². The highest BCUT2D eigenvalue weighted by molar-refractivity contribution is 5.93. The topological polar surface area (TPSA) is 71.3 Å². The van der Waals surface area contributed by atoms with Gasteiger partial charge in [-0.1, -0.05) is 12.1 Å². The molecule has 0 radical (unpaired) electrons. The number of nitrogens with zero attached hydrogens (tertiary/aromatic N) is 1. The van der Waals surface area contributed by atoms with Gasteiger partial charge in [-0.15, -0.1) is 0 Å². The van der Waals surface area contributed by atoms with Crippen LogP contribution in [0.2, 0.25) is 0 Å². The van der Waals surface area contributed by atoms with Crippen LogP contribution in [-0.4, -0.2) is 22.1 Å². The minimum absolute atomic E-state index is 0.140. The van der Waals surface area contributed by atoms with Crippen LogP contribution in [0.15, 0.2) is 47.4 Å². The molecule has 1 aromatic carbocycles. The van der Waals surface area contributed by atoms with Gasteiger partial charge in [-0.05, 0) is 36.2 Å². The Hall–Kier alpha value is -2.56. The molecule has 0 spiro atoms. The van der Waals surface area contributed by atoms with E-state index < -0.39 is 0 Å². The number of aromatic hydroxyl groups is 1. The first-order valence-electron chi connectivity index (χ1n) is 6.29. The average molecular weight is 272 g/mol. The molecule has 1 aromatic heterocycles. The van der Waals surface area contributed by atoms with E-state index in [1.807, 2.05) is 0 Å². The number of aryl methyl sites for hydroxylation is 1. The zero-order valence-corrected chi connectivity index (χ0v) is 11.2. The van der Waals surface area contributed by atoms with Crippen molar-refractivity contribution in [1.82, 2.24) is 9.88 Å². The number of pyridine rings is 1. The number of phenolic OH excluding ortho intramolecular Hbond substituents is 1. The van der Waals surface area contributed by atoms with Crippen LogP contribution in [-0.2, 0) is 13.5 Å². The third-order valence-electron chi connectivity index (χ3n) is 3.00. The monoisotopic (exact) mass is 272 g/mol. The van der Waals surface area contributed by atoms with Gasteiger partial charge in [-0.3, -0.25) is 9.59 Å². The summed E-state index contributed by atoms with van der Waals surface area (Å²) >= 11 is 0. The van der Waals surface area contributed by atoms with Crippen molar-refractivity contribution < 1.29 is 9.90 Å². The smallest absolute Gasteiger partial charge is 0.263 e. The molecular formula is C15H16N2O3. The van der Waals surface area contributed by atoms with E-state index in [0.29, 0.717) is 13.0 Å². The number of rotatable bonds is 4. The number of carbonyl (C=O) groups is 1. The number of hydrogen-bond donors (Lipinski definition) is 2. The van der Waals surface area contributed by atoms with Gasteiger partial charge in [0.1, 0.15) is 11.3 Å². The Kier molecular flexibility index (Phi) is 4.20. The van der Waals surface area contributed by atoms with Crippen molar-refractivity contribution in [1.29, 1.82) is 0 Å². The van der Waals surface area contributed by atoms with E-state index in [-0.39, 0.29) is 22.8 Å². The third-order valence-corrected chi connectivity index (χ3v) is 3.00. The molecule has 0 atom stereocenters. The van der Waals surface area contributed by atoms with Gasteiger partial charge in [0.25, 0.3) is 11.5 Å². The van der Waals surface area contributed by atoms with Crippen LogP contribution < -0.4 is 10.9 Å². The van der Waals surface area contributed by atoms with E-state index in [4.69, 9.17) is 5.11 Å². The Morgan fingerprint density at radius 2 is 1.95 bits per heavy atom. The standard InChI is InChI=1S/C15H16N2O3/c1-17-10-2-3-13(15(17)20)14(19)16-9-8-11-4-6-12(18)7-5-11/h2-7,10,18H,8-9H2,1H3,(H,16,19). The molecule has 1 amide bonds. The van der Waals surface area contributed by atoms with Crippen molar-refractivity contribution in [2.24, 2.45) is 7.05 Å². The van der Waals surface area contributed by atoms with Gasteiger partial charge < -0.3 is 15.0 Å². The number of amides is 1. The molecule has 5 nitrogen and oxygen atoms in total. The highest BCUT2D eigenvalue weighted by Gasteiger charge is 2.09. The van der Waals surface area contributed by atoms with Crippen LogP contribution in [0.5, 0.6) is 5.75 Å². The van der Waals surface area contributed by atoms with Crippen LogP contribution in [0.25, 0.3) is 0 Å². The van der Waals surface area contributed by atoms with Crippen molar-refractivity contribution >= 4 is 5.91 Å². The molecule has 0 aliphatic rings. The number of phenols is 1. The van der Waals surface area contributed by atoms with E-state index in [1.54, 1.807) is 43.6 Å². The molecule has 2 rings (SSSR count). The molecule has 1 heterocycles. The molecule has 5 heteroatoms. The second-order valence-electron chi connectivity index (χ2n) is 4.51. The minimum atomic E-state index is -0.370. The minimum Gasteiger partial charge on any atom is -0.508 e. The second-order valence-corrected chi connectivity index (χ2v) is 4.51. The highest BCUT2D eigenvalue weighted by atomic mass is 16.3. The Morgan fingerprint density at radius 1 is 1.25 bits per heavy atom. The average Bonchev–Trinajstić information content (AvgIpc) is 2.44. The van der Waals surface area contributed by atoms with Gasteiger partial charge >= 0.3 is 0 Å². The third kappa shape index (κ3) is 3.26. The lowest BCUT2D eigenvalue weighted by atomic mass is 10.1. The van der Waals surface area contributed by atoms with Crippen molar-refractivity contribution in [2.75, 3.05) is 6.54 Å². The molecule has 104 valence electrons. The first kappa shape index (κ1) is 13.9. The summed E-state index contributed by atoms with van der Waals surface area (Å²) in [7, 11) is 1.61. The van der Waals surface area contributed by atoms with Gasteiger partial charge in [0.05, 0.1) is 0 Å². The van der Waals surface area contributed by atoms with Crippen LogP contribution >= 0.6 is 0 Å². The summed E-state index contributed by atoms with van der Waals surface area (Å²) in [6.07, 6.45) is 2.24. The fourth-order valence-electron chi connectivity index (χ4n) is 1.85. The highest BCUT2D eigenvalue weighted by Crippen LogP contribution is 2.09. The fourth-order valence-corrected chi connectivity index (χ4v) is 1.85. The number of nitrogens with one attached hydrogen (secondary N) is 1. The molecule has 20 heavy (non-hydrogen) atoms. The summed E-state index contributed by atoms with van der Waals surface area (Å²) in [6, 6.07) is 9.97. The fraction of sp³-hybridized carbons (Fsp3) is 0.200. The maximum absolute atomic E-state index is 11.9. The van der Waals surface area contributed by atoms with Crippen molar-refractivity contribution in [2.45, 2.75) is 6.42 Å². The van der Waals surface area contributed by atoms with Crippen LogP contribution in [0, 0.1) is 0 Å². The quantitative estimate of drug-likeness (QED) is 0.874. The Morgan fingerprint density at radius 3 is 2.65 bits per heavy atom. The summed E-state index contributed by atoms with van der Waals surface area (Å²) in [5.41, 5.74) is 0.833. The number of benzene rings is 1.